The van der Waals surface area contributed by atoms with Crippen molar-refractivity contribution < 1.29 is 30.3 Å². The topological polar surface area (TPSA) is 110 Å². The highest BCUT2D eigenvalue weighted by molar-refractivity contribution is 6.23. The van der Waals surface area contributed by atoms with E-state index in [9.17, 15) is 25.5 Å². The van der Waals surface area contributed by atoms with Crippen LogP contribution < -0.4 is 0 Å². The van der Waals surface area contributed by atoms with E-state index in [4.69, 9.17) is 4.74 Å². The van der Waals surface area contributed by atoms with Crippen molar-refractivity contribution in [3.05, 3.63) is 60.2 Å². The molecular weight excluding hydrogens is 360 g/mol. The summed E-state index contributed by atoms with van der Waals surface area (Å²) in [5.41, 5.74) is -2.00. The van der Waals surface area contributed by atoms with E-state index in [2.05, 4.69) is 0 Å². The lowest BCUT2D eigenvalue weighted by molar-refractivity contribution is -0.334. The summed E-state index contributed by atoms with van der Waals surface area (Å²) < 4.78 is 5.22. The molecule has 144 valence electrons. The Bertz CT molecular complexity index is 1160. The minimum atomic E-state index is -2.26. The molecule has 0 bridgehead atoms. The highest BCUT2D eigenvalue weighted by Crippen LogP contribution is 2.43. The zero-order chi connectivity index (χ0) is 19.6. The maximum absolute atomic E-state index is 11.3. The largest absolute Gasteiger partial charge is 0.394 e. The van der Waals surface area contributed by atoms with Crippen molar-refractivity contribution >= 4 is 32.3 Å². The molecule has 0 unspecified atom stereocenters. The van der Waals surface area contributed by atoms with Crippen LogP contribution in [0.3, 0.4) is 0 Å². The van der Waals surface area contributed by atoms with Crippen LogP contribution in [0.2, 0.25) is 0 Å². The monoisotopic (exact) mass is 380 g/mol. The van der Waals surface area contributed by atoms with Crippen LogP contribution in [0.4, 0.5) is 0 Å². The van der Waals surface area contributed by atoms with Crippen molar-refractivity contribution in [3.8, 4) is 0 Å². The van der Waals surface area contributed by atoms with Gasteiger partial charge >= 0.3 is 0 Å². The Labute approximate surface area is 160 Å². The van der Waals surface area contributed by atoms with Gasteiger partial charge in [-0.1, -0.05) is 54.6 Å². The number of rotatable bonds is 2. The van der Waals surface area contributed by atoms with E-state index >= 15 is 0 Å². The van der Waals surface area contributed by atoms with E-state index in [0.717, 1.165) is 26.9 Å². The molecule has 0 spiro atoms. The smallest absolute Gasteiger partial charge is 0.191 e. The Balaban J connectivity index is 1.81. The summed E-state index contributed by atoms with van der Waals surface area (Å²) in [6.07, 6.45) is -6.31. The third kappa shape index (κ3) is 2.18. The molecule has 4 aromatic rings. The molecule has 0 aromatic heterocycles. The Hall–Kier alpha value is -2.32. The predicted octanol–water partition coefficient (Wildman–Crippen LogP) is 1.20. The minimum absolute atomic E-state index is 0.258. The summed E-state index contributed by atoms with van der Waals surface area (Å²) in [5.74, 6) is 0. The summed E-state index contributed by atoms with van der Waals surface area (Å²) in [7, 11) is 0. The molecule has 1 heterocycles. The van der Waals surface area contributed by atoms with Gasteiger partial charge in [-0.15, -0.1) is 0 Å². The highest BCUT2D eigenvalue weighted by atomic mass is 16.6. The predicted molar refractivity (Wildman–Crippen MR) is 104 cm³/mol. The second-order valence-electron chi connectivity index (χ2n) is 7.44. The van der Waals surface area contributed by atoms with Crippen molar-refractivity contribution in [2.75, 3.05) is 6.61 Å². The van der Waals surface area contributed by atoms with Gasteiger partial charge in [-0.3, -0.25) is 0 Å². The third-order valence-corrected chi connectivity index (χ3v) is 5.98. The van der Waals surface area contributed by atoms with E-state index in [1.807, 2.05) is 48.5 Å². The molecule has 1 saturated heterocycles. The standard InChI is InChI=1S/C22H20O6/c23-10-16-19(24)20(25)22(27,21(26)28-16)15-9-7-13-5-4-11-2-1-3-12-6-8-14(15)18(13)17(11)12/h1-9,16,19-21,23-27H,10H2/t16-,19+,20+,21+,22-/m1/s1. The van der Waals surface area contributed by atoms with Gasteiger partial charge in [0, 0.05) is 0 Å². The molecule has 5 atom stereocenters. The van der Waals surface area contributed by atoms with E-state index in [1.54, 1.807) is 6.07 Å². The van der Waals surface area contributed by atoms with Gasteiger partial charge < -0.3 is 30.3 Å². The average Bonchev–Trinajstić information content (AvgIpc) is 2.73. The quantitative estimate of drug-likeness (QED) is 0.334. The number of hydrogen-bond acceptors (Lipinski definition) is 6. The molecule has 4 aromatic carbocycles. The number of benzene rings is 4. The van der Waals surface area contributed by atoms with Gasteiger partial charge in [0.05, 0.1) is 6.61 Å². The first-order chi connectivity index (χ1) is 13.5. The zero-order valence-corrected chi connectivity index (χ0v) is 14.9. The summed E-state index contributed by atoms with van der Waals surface area (Å²) in [4.78, 5) is 0. The Morgan fingerprint density at radius 2 is 1.43 bits per heavy atom. The molecule has 0 aliphatic carbocycles. The first-order valence-electron chi connectivity index (χ1n) is 9.16. The maximum atomic E-state index is 11.3. The van der Waals surface area contributed by atoms with Gasteiger partial charge in [0.25, 0.3) is 0 Å². The SMILES string of the molecule is OC[C@H]1O[C@H](O)[C@@](O)(c2ccc3ccc4cccc5ccc2c3c45)[C@@H](O)[C@H]1O. The molecular formula is C22H20O6. The van der Waals surface area contributed by atoms with E-state index < -0.39 is 36.8 Å². The van der Waals surface area contributed by atoms with Gasteiger partial charge in [0.2, 0.25) is 0 Å². The van der Waals surface area contributed by atoms with Gasteiger partial charge in [0.15, 0.2) is 11.9 Å². The van der Waals surface area contributed by atoms with Crippen molar-refractivity contribution in [1.82, 2.24) is 0 Å². The van der Waals surface area contributed by atoms with E-state index in [-0.39, 0.29) is 5.56 Å². The van der Waals surface area contributed by atoms with Gasteiger partial charge in [-0.25, -0.2) is 0 Å². The van der Waals surface area contributed by atoms with Crippen LogP contribution in [-0.2, 0) is 10.3 Å². The van der Waals surface area contributed by atoms with Crippen LogP contribution in [0.5, 0.6) is 0 Å². The molecule has 6 heteroatoms. The van der Waals surface area contributed by atoms with Crippen LogP contribution in [0.25, 0.3) is 32.3 Å². The van der Waals surface area contributed by atoms with E-state index in [1.165, 1.54) is 0 Å². The highest BCUT2D eigenvalue weighted by Gasteiger charge is 2.55. The van der Waals surface area contributed by atoms with Crippen molar-refractivity contribution in [2.45, 2.75) is 30.2 Å². The molecule has 28 heavy (non-hydrogen) atoms. The van der Waals surface area contributed by atoms with Gasteiger partial charge in [0.1, 0.15) is 18.3 Å². The first-order valence-corrected chi connectivity index (χ1v) is 9.16. The Morgan fingerprint density at radius 3 is 2.11 bits per heavy atom. The summed E-state index contributed by atoms with van der Waals surface area (Å²) in [6.45, 7) is -0.593. The molecule has 1 fully saturated rings. The van der Waals surface area contributed by atoms with Gasteiger partial charge in [-0.2, -0.15) is 0 Å². The average molecular weight is 380 g/mol. The van der Waals surface area contributed by atoms with Gasteiger partial charge in [-0.05, 0) is 37.9 Å². The van der Waals surface area contributed by atoms with Crippen LogP contribution in [0.15, 0.2) is 54.6 Å². The van der Waals surface area contributed by atoms with Crippen LogP contribution >= 0.6 is 0 Å². The molecule has 5 rings (SSSR count). The second kappa shape index (κ2) is 6.09. The fourth-order valence-corrected chi connectivity index (χ4v) is 4.49. The normalized spacial score (nSPS) is 31.2. The lowest BCUT2D eigenvalue weighted by Gasteiger charge is -2.46. The molecule has 1 aliphatic heterocycles. The first kappa shape index (κ1) is 17.8. The fraction of sp³-hybridized carbons (Fsp3) is 0.273. The minimum Gasteiger partial charge on any atom is -0.394 e. The summed E-state index contributed by atoms with van der Waals surface area (Å²) in [6, 6.07) is 17.2. The Kier molecular flexibility index (Phi) is 3.86. The van der Waals surface area contributed by atoms with Crippen molar-refractivity contribution in [3.63, 3.8) is 0 Å². The second-order valence-corrected chi connectivity index (χ2v) is 7.44. The molecule has 1 aliphatic rings. The lowest BCUT2D eigenvalue weighted by Crippen LogP contribution is -2.64. The number of aliphatic hydroxyl groups is 5. The third-order valence-electron chi connectivity index (χ3n) is 5.98. The van der Waals surface area contributed by atoms with E-state index in [0.29, 0.717) is 5.39 Å². The number of ether oxygens (including phenoxy) is 1. The van der Waals surface area contributed by atoms with Crippen LogP contribution in [0, 0.1) is 0 Å². The summed E-state index contributed by atoms with van der Waals surface area (Å²) >= 11 is 0. The molecule has 0 radical (unpaired) electrons. The van der Waals surface area contributed by atoms with Crippen molar-refractivity contribution in [2.24, 2.45) is 0 Å². The lowest BCUT2D eigenvalue weighted by atomic mass is 9.78. The Morgan fingerprint density at radius 1 is 0.821 bits per heavy atom. The molecule has 0 saturated carbocycles. The maximum Gasteiger partial charge on any atom is 0.191 e. The molecule has 5 N–H and O–H groups in total. The number of hydrogen-bond donors (Lipinski definition) is 5. The fourth-order valence-electron chi connectivity index (χ4n) is 4.49. The number of aliphatic hydroxyl groups excluding tert-OH is 4. The summed E-state index contributed by atoms with van der Waals surface area (Å²) in [5, 5.41) is 57.7. The molecule has 0 amide bonds. The zero-order valence-electron chi connectivity index (χ0n) is 14.9. The van der Waals surface area contributed by atoms with Crippen LogP contribution in [-0.4, -0.2) is 56.7 Å². The van der Waals surface area contributed by atoms with Crippen LogP contribution in [0.1, 0.15) is 5.56 Å². The van der Waals surface area contributed by atoms with Crippen molar-refractivity contribution in [1.29, 1.82) is 0 Å². The molecule has 6 nitrogen and oxygen atoms in total.